The summed E-state index contributed by atoms with van der Waals surface area (Å²) in [7, 11) is 2.98. The Morgan fingerprint density at radius 3 is 2.44 bits per heavy atom. The molecule has 0 bridgehead atoms. The van der Waals surface area contributed by atoms with Gasteiger partial charge >= 0.3 is 6.03 Å². The number of imide groups is 1. The highest BCUT2D eigenvalue weighted by atomic mass is 35.5. The van der Waals surface area contributed by atoms with Gasteiger partial charge in [-0.05, 0) is 48.9 Å². The second-order valence-corrected chi connectivity index (χ2v) is 7.60. The van der Waals surface area contributed by atoms with E-state index in [1.165, 1.54) is 14.2 Å². The van der Waals surface area contributed by atoms with Crippen LogP contribution in [0.2, 0.25) is 5.02 Å². The third-order valence-corrected chi connectivity index (χ3v) is 5.30. The molecule has 9 nitrogen and oxygen atoms in total. The van der Waals surface area contributed by atoms with E-state index in [-0.39, 0.29) is 13.2 Å². The van der Waals surface area contributed by atoms with E-state index in [4.69, 9.17) is 25.8 Å². The molecule has 0 saturated carbocycles. The molecule has 170 valence electrons. The number of amides is 4. The number of urea groups is 1. The summed E-state index contributed by atoms with van der Waals surface area (Å²) in [6.45, 7) is 1.59. The van der Waals surface area contributed by atoms with E-state index in [1.807, 2.05) is 0 Å². The van der Waals surface area contributed by atoms with E-state index < -0.39 is 29.9 Å². The molecule has 0 aliphatic carbocycles. The maximum atomic E-state index is 13.0. The van der Waals surface area contributed by atoms with Gasteiger partial charge in [-0.1, -0.05) is 17.7 Å². The largest absolute Gasteiger partial charge is 0.493 e. The van der Waals surface area contributed by atoms with Crippen molar-refractivity contribution in [2.45, 2.75) is 12.5 Å². The molecule has 1 saturated heterocycles. The number of hydrogen-bond acceptors (Lipinski definition) is 6. The number of hydrogen-bond donors (Lipinski definition) is 2. The molecule has 3 rings (SSSR count). The van der Waals surface area contributed by atoms with Crippen LogP contribution in [0.4, 0.5) is 4.79 Å². The molecule has 10 heteroatoms. The predicted molar refractivity (Wildman–Crippen MR) is 117 cm³/mol. The van der Waals surface area contributed by atoms with Crippen molar-refractivity contribution in [1.29, 1.82) is 0 Å². The first-order valence-corrected chi connectivity index (χ1v) is 10.2. The van der Waals surface area contributed by atoms with Gasteiger partial charge in [0.05, 0.1) is 20.8 Å². The summed E-state index contributed by atoms with van der Waals surface area (Å²) in [6.07, 6.45) is 0. The van der Waals surface area contributed by atoms with E-state index in [1.54, 1.807) is 49.4 Å². The number of halogens is 1. The first kappa shape index (κ1) is 23.2. The van der Waals surface area contributed by atoms with E-state index in [9.17, 15) is 14.4 Å². The molecular formula is C22H24ClN3O6. The lowest BCUT2D eigenvalue weighted by molar-refractivity contribution is -0.134. The van der Waals surface area contributed by atoms with Crippen molar-refractivity contribution >= 4 is 29.4 Å². The fourth-order valence-corrected chi connectivity index (χ4v) is 3.40. The highest BCUT2D eigenvalue weighted by Crippen LogP contribution is 2.35. The minimum atomic E-state index is -1.34. The standard InChI is InChI=1S/C22H24ClN3O6/c1-22(14-4-9-17(30-2)18(12-14)31-3)20(28)26(21(29)25-22)13-19(27)24-10-11-32-16-7-5-15(23)6-8-16/h4-9,12H,10-11,13H2,1-3H3,(H,24,27)(H,25,29). The topological polar surface area (TPSA) is 106 Å². The highest BCUT2D eigenvalue weighted by Gasteiger charge is 2.49. The van der Waals surface area contributed by atoms with Crippen molar-refractivity contribution in [3.05, 3.63) is 53.1 Å². The fraction of sp³-hybridized carbons (Fsp3) is 0.318. The molecular weight excluding hydrogens is 438 g/mol. The Hall–Kier alpha value is -3.46. The Kier molecular flexibility index (Phi) is 7.09. The van der Waals surface area contributed by atoms with Crippen LogP contribution in [0, 0.1) is 0 Å². The Bertz CT molecular complexity index is 1010. The SMILES string of the molecule is COc1ccc(C2(C)NC(=O)N(CC(=O)NCCOc3ccc(Cl)cc3)C2=O)cc1OC. The summed E-state index contributed by atoms with van der Waals surface area (Å²) in [5.74, 6) is 0.509. The van der Waals surface area contributed by atoms with Gasteiger partial charge in [0.25, 0.3) is 5.91 Å². The predicted octanol–water partition coefficient (Wildman–Crippen LogP) is 2.32. The van der Waals surface area contributed by atoms with E-state index >= 15 is 0 Å². The molecule has 4 amide bonds. The van der Waals surface area contributed by atoms with Gasteiger partial charge in [0.2, 0.25) is 5.91 Å². The average molecular weight is 462 g/mol. The number of nitrogens with zero attached hydrogens (tertiary/aromatic N) is 1. The number of rotatable bonds is 9. The summed E-state index contributed by atoms with van der Waals surface area (Å²) in [6, 6.07) is 11.1. The molecule has 2 N–H and O–H groups in total. The Balaban J connectivity index is 1.58. The summed E-state index contributed by atoms with van der Waals surface area (Å²) >= 11 is 5.82. The minimum Gasteiger partial charge on any atom is -0.493 e. The van der Waals surface area contributed by atoms with Gasteiger partial charge in [0.15, 0.2) is 11.5 Å². The highest BCUT2D eigenvalue weighted by molar-refractivity contribution is 6.30. The lowest BCUT2D eigenvalue weighted by Crippen LogP contribution is -2.43. The smallest absolute Gasteiger partial charge is 0.325 e. The van der Waals surface area contributed by atoms with Crippen LogP contribution >= 0.6 is 11.6 Å². The molecule has 32 heavy (non-hydrogen) atoms. The molecule has 0 radical (unpaired) electrons. The quantitative estimate of drug-likeness (QED) is 0.438. The zero-order valence-electron chi connectivity index (χ0n) is 17.9. The van der Waals surface area contributed by atoms with Gasteiger partial charge in [0, 0.05) is 5.02 Å². The molecule has 0 aromatic heterocycles. The van der Waals surface area contributed by atoms with Crippen LogP contribution in [0.3, 0.4) is 0 Å². The molecule has 1 atom stereocenters. The van der Waals surface area contributed by atoms with Gasteiger partial charge in [-0.25, -0.2) is 4.79 Å². The molecule has 1 aliphatic rings. The Labute approximate surface area is 190 Å². The van der Waals surface area contributed by atoms with Crippen LogP contribution in [-0.4, -0.2) is 56.7 Å². The maximum Gasteiger partial charge on any atom is 0.325 e. The summed E-state index contributed by atoms with van der Waals surface area (Å²) < 4.78 is 16.0. The monoisotopic (exact) mass is 461 g/mol. The second-order valence-electron chi connectivity index (χ2n) is 7.17. The van der Waals surface area contributed by atoms with Crippen LogP contribution in [0.1, 0.15) is 12.5 Å². The van der Waals surface area contributed by atoms with Crippen LogP contribution in [0.15, 0.2) is 42.5 Å². The van der Waals surface area contributed by atoms with Crippen molar-refractivity contribution in [2.75, 3.05) is 33.9 Å². The zero-order chi connectivity index (χ0) is 23.3. The van der Waals surface area contributed by atoms with Gasteiger partial charge in [-0.3, -0.25) is 14.5 Å². The molecule has 1 heterocycles. The first-order chi connectivity index (χ1) is 15.3. The summed E-state index contributed by atoms with van der Waals surface area (Å²) in [5, 5.41) is 5.89. The number of benzene rings is 2. The van der Waals surface area contributed by atoms with Gasteiger partial charge in [-0.2, -0.15) is 0 Å². The third-order valence-electron chi connectivity index (χ3n) is 5.04. The molecule has 2 aromatic rings. The number of carbonyl (C=O) groups excluding carboxylic acids is 3. The lowest BCUT2D eigenvalue weighted by atomic mass is 9.91. The number of methoxy groups -OCH3 is 2. The normalized spacial score (nSPS) is 17.7. The molecule has 0 spiro atoms. The van der Waals surface area contributed by atoms with Crippen LogP contribution in [-0.2, 0) is 15.1 Å². The fourth-order valence-electron chi connectivity index (χ4n) is 3.27. The van der Waals surface area contributed by atoms with Gasteiger partial charge in [0.1, 0.15) is 24.4 Å². The molecule has 2 aromatic carbocycles. The van der Waals surface area contributed by atoms with Crippen molar-refractivity contribution in [2.24, 2.45) is 0 Å². The summed E-state index contributed by atoms with van der Waals surface area (Å²) in [4.78, 5) is 38.6. The van der Waals surface area contributed by atoms with Gasteiger partial charge < -0.3 is 24.8 Å². The van der Waals surface area contributed by atoms with Crippen LogP contribution in [0.5, 0.6) is 17.2 Å². The maximum absolute atomic E-state index is 13.0. The third kappa shape index (κ3) is 4.88. The van der Waals surface area contributed by atoms with E-state index in [0.717, 1.165) is 4.90 Å². The average Bonchev–Trinajstić information content (AvgIpc) is 3.01. The Morgan fingerprint density at radius 2 is 1.78 bits per heavy atom. The second kappa shape index (κ2) is 9.78. The van der Waals surface area contributed by atoms with Crippen LogP contribution in [0.25, 0.3) is 0 Å². The lowest BCUT2D eigenvalue weighted by Gasteiger charge is -2.23. The van der Waals surface area contributed by atoms with Crippen LogP contribution < -0.4 is 24.8 Å². The molecule has 1 unspecified atom stereocenters. The van der Waals surface area contributed by atoms with Crippen molar-refractivity contribution < 1.29 is 28.6 Å². The molecule has 1 fully saturated rings. The zero-order valence-corrected chi connectivity index (χ0v) is 18.7. The Morgan fingerprint density at radius 1 is 1.09 bits per heavy atom. The van der Waals surface area contributed by atoms with E-state index in [0.29, 0.717) is 27.8 Å². The van der Waals surface area contributed by atoms with Crippen molar-refractivity contribution in [1.82, 2.24) is 15.5 Å². The molecule has 1 aliphatic heterocycles. The summed E-state index contributed by atoms with van der Waals surface area (Å²) in [5.41, 5.74) is -0.831. The minimum absolute atomic E-state index is 0.206. The van der Waals surface area contributed by atoms with Gasteiger partial charge in [-0.15, -0.1) is 0 Å². The van der Waals surface area contributed by atoms with E-state index in [2.05, 4.69) is 10.6 Å². The van der Waals surface area contributed by atoms with Crippen molar-refractivity contribution in [3.8, 4) is 17.2 Å². The number of carbonyl (C=O) groups is 3. The first-order valence-electron chi connectivity index (χ1n) is 9.80. The number of nitrogens with one attached hydrogen (secondary N) is 2. The number of ether oxygens (including phenoxy) is 3. The van der Waals surface area contributed by atoms with Crippen molar-refractivity contribution in [3.63, 3.8) is 0 Å².